The van der Waals surface area contributed by atoms with Gasteiger partial charge in [0, 0.05) is 0 Å². The molecule has 0 heterocycles. The molecule has 2 aliphatic rings. The molecule has 0 amide bonds. The van der Waals surface area contributed by atoms with Crippen molar-refractivity contribution >= 4 is 5.57 Å². The maximum absolute atomic E-state index is 4.34. The number of hydrogen-bond acceptors (Lipinski definition) is 0. The van der Waals surface area contributed by atoms with Crippen molar-refractivity contribution in [2.24, 2.45) is 5.92 Å². The number of fused-ring (bicyclic) bond motifs is 3. The van der Waals surface area contributed by atoms with Gasteiger partial charge in [-0.3, -0.25) is 0 Å². The van der Waals surface area contributed by atoms with E-state index in [1.54, 1.807) is 0 Å². The van der Waals surface area contributed by atoms with E-state index in [1.807, 2.05) is 13.8 Å². The van der Waals surface area contributed by atoms with Crippen LogP contribution in [0.15, 0.2) is 49.0 Å². The molecule has 0 bridgehead atoms. The van der Waals surface area contributed by atoms with E-state index >= 15 is 0 Å². The second-order valence-corrected chi connectivity index (χ2v) is 7.03. The van der Waals surface area contributed by atoms with Crippen LogP contribution in [-0.4, -0.2) is 0 Å². The Kier molecular flexibility index (Phi) is 5.56. The van der Waals surface area contributed by atoms with E-state index in [9.17, 15) is 0 Å². The Hall–Kier alpha value is -1.82. The molecule has 0 saturated heterocycles. The van der Waals surface area contributed by atoms with Crippen molar-refractivity contribution in [1.82, 2.24) is 0 Å². The van der Waals surface area contributed by atoms with E-state index in [4.69, 9.17) is 0 Å². The lowest BCUT2D eigenvalue weighted by atomic mass is 9.80. The van der Waals surface area contributed by atoms with Crippen molar-refractivity contribution in [1.29, 1.82) is 0 Å². The van der Waals surface area contributed by atoms with Gasteiger partial charge < -0.3 is 0 Å². The third-order valence-electron chi connectivity index (χ3n) is 5.43. The summed E-state index contributed by atoms with van der Waals surface area (Å²) in [6.45, 7) is 8.34. The highest BCUT2D eigenvalue weighted by atomic mass is 14.2. The highest BCUT2D eigenvalue weighted by Crippen LogP contribution is 2.39. The molecule has 0 atom stereocenters. The zero-order valence-electron chi connectivity index (χ0n) is 15.3. The molecule has 2 aromatic rings. The van der Waals surface area contributed by atoms with Gasteiger partial charge in [-0.15, -0.1) is 0 Å². The standard InChI is InChI=1S/C22H24.C2H6/c1-16-13-19-9-5-6-10-20(19)21-12-11-18(15-22(16)21)14-17-7-3-2-4-8-17;1-2/h5-6,9-12,15,17H,1-4,7-8,13-14H2;1-2H3. The molecule has 0 heteroatoms. The van der Waals surface area contributed by atoms with Gasteiger partial charge in [-0.05, 0) is 52.1 Å². The summed E-state index contributed by atoms with van der Waals surface area (Å²) in [5, 5.41) is 0. The van der Waals surface area contributed by atoms with Gasteiger partial charge in [0.15, 0.2) is 0 Å². The third-order valence-corrected chi connectivity index (χ3v) is 5.43. The predicted octanol–water partition coefficient (Wildman–Crippen LogP) is 7.07. The van der Waals surface area contributed by atoms with Gasteiger partial charge in [0.25, 0.3) is 0 Å². The summed E-state index contributed by atoms with van der Waals surface area (Å²) in [6, 6.07) is 15.9. The molecule has 2 aliphatic carbocycles. The second-order valence-electron chi connectivity index (χ2n) is 7.03. The van der Waals surface area contributed by atoms with Gasteiger partial charge in [-0.1, -0.05) is 95.0 Å². The van der Waals surface area contributed by atoms with Crippen LogP contribution in [0.1, 0.15) is 62.6 Å². The van der Waals surface area contributed by atoms with Crippen LogP contribution in [0.5, 0.6) is 0 Å². The summed E-state index contributed by atoms with van der Waals surface area (Å²) in [4.78, 5) is 0. The summed E-state index contributed by atoms with van der Waals surface area (Å²) in [5.74, 6) is 0.899. The molecule has 0 unspecified atom stereocenters. The fourth-order valence-corrected chi connectivity index (χ4v) is 4.23. The van der Waals surface area contributed by atoms with Crippen LogP contribution in [0.2, 0.25) is 0 Å². The number of hydrogen-bond donors (Lipinski definition) is 0. The zero-order chi connectivity index (χ0) is 16.9. The normalized spacial score (nSPS) is 16.7. The molecule has 1 fully saturated rings. The smallest absolute Gasteiger partial charge is 0.00193 e. The first-order chi connectivity index (χ1) is 11.8. The molecule has 1 saturated carbocycles. The van der Waals surface area contributed by atoms with Crippen LogP contribution in [0.4, 0.5) is 0 Å². The van der Waals surface area contributed by atoms with Crippen LogP contribution in [-0.2, 0) is 12.8 Å². The number of benzene rings is 2. The van der Waals surface area contributed by atoms with Crippen LogP contribution in [0.25, 0.3) is 16.7 Å². The first-order valence-electron chi connectivity index (χ1n) is 9.70. The van der Waals surface area contributed by atoms with Crippen molar-refractivity contribution < 1.29 is 0 Å². The summed E-state index contributed by atoms with van der Waals surface area (Å²) in [5.41, 5.74) is 8.35. The molecular formula is C24H30. The Labute approximate surface area is 147 Å². The minimum absolute atomic E-state index is 0.899. The Morgan fingerprint density at radius 3 is 2.42 bits per heavy atom. The summed E-state index contributed by atoms with van der Waals surface area (Å²) in [7, 11) is 0. The maximum atomic E-state index is 4.34. The minimum atomic E-state index is 0.899. The van der Waals surface area contributed by atoms with Gasteiger partial charge in [-0.25, -0.2) is 0 Å². The number of allylic oxidation sites excluding steroid dienone is 1. The van der Waals surface area contributed by atoms with Crippen molar-refractivity contribution in [2.75, 3.05) is 0 Å². The highest BCUT2D eigenvalue weighted by Gasteiger charge is 2.20. The molecule has 126 valence electrons. The van der Waals surface area contributed by atoms with Crippen LogP contribution in [0, 0.1) is 5.92 Å². The predicted molar refractivity (Wildman–Crippen MR) is 106 cm³/mol. The van der Waals surface area contributed by atoms with Gasteiger partial charge in [0.2, 0.25) is 0 Å². The van der Waals surface area contributed by atoms with Crippen LogP contribution in [0.3, 0.4) is 0 Å². The van der Waals surface area contributed by atoms with Gasteiger partial charge in [0.05, 0.1) is 0 Å². The fraction of sp³-hybridized carbons (Fsp3) is 0.417. The molecule has 2 aromatic carbocycles. The van der Waals surface area contributed by atoms with Gasteiger partial charge >= 0.3 is 0 Å². The SMILES string of the molecule is C=C1Cc2ccccc2-c2ccc(CC3CCCCC3)cc21.CC. The third kappa shape index (κ3) is 3.48. The molecule has 0 spiro atoms. The zero-order valence-corrected chi connectivity index (χ0v) is 15.3. The molecule has 0 nitrogen and oxygen atoms in total. The lowest BCUT2D eigenvalue weighted by molar-refractivity contribution is 0.356. The minimum Gasteiger partial charge on any atom is -0.0949 e. The van der Waals surface area contributed by atoms with Gasteiger partial charge in [0.1, 0.15) is 0 Å². The van der Waals surface area contributed by atoms with E-state index < -0.39 is 0 Å². The Morgan fingerprint density at radius 1 is 0.875 bits per heavy atom. The summed E-state index contributed by atoms with van der Waals surface area (Å²) < 4.78 is 0. The molecule has 0 radical (unpaired) electrons. The van der Waals surface area contributed by atoms with Crippen molar-refractivity contribution in [3.05, 3.63) is 65.7 Å². The van der Waals surface area contributed by atoms with Crippen LogP contribution < -0.4 is 0 Å². The molecule has 0 aromatic heterocycles. The number of rotatable bonds is 2. The molecule has 0 N–H and O–H groups in total. The van der Waals surface area contributed by atoms with Crippen molar-refractivity contribution in [3.8, 4) is 11.1 Å². The highest BCUT2D eigenvalue weighted by molar-refractivity contribution is 5.87. The summed E-state index contributed by atoms with van der Waals surface area (Å²) in [6.07, 6.45) is 9.37. The van der Waals surface area contributed by atoms with Crippen molar-refractivity contribution in [2.45, 2.75) is 58.8 Å². The second kappa shape index (κ2) is 7.83. The van der Waals surface area contributed by atoms with E-state index in [0.717, 1.165) is 12.3 Å². The largest absolute Gasteiger partial charge is 0.0949 e. The molecular weight excluding hydrogens is 288 g/mol. The molecule has 4 rings (SSSR count). The van der Waals surface area contributed by atoms with Crippen LogP contribution >= 0.6 is 0 Å². The van der Waals surface area contributed by atoms with Crippen molar-refractivity contribution in [3.63, 3.8) is 0 Å². The monoisotopic (exact) mass is 318 g/mol. The van der Waals surface area contributed by atoms with E-state index in [1.165, 1.54) is 71.9 Å². The molecule has 24 heavy (non-hydrogen) atoms. The fourth-order valence-electron chi connectivity index (χ4n) is 4.23. The Morgan fingerprint density at radius 2 is 1.62 bits per heavy atom. The first kappa shape index (κ1) is 17.0. The average molecular weight is 319 g/mol. The Balaban J connectivity index is 0.000000815. The van der Waals surface area contributed by atoms with E-state index in [2.05, 4.69) is 49.0 Å². The Bertz CT molecular complexity index is 702. The van der Waals surface area contributed by atoms with Gasteiger partial charge in [-0.2, -0.15) is 0 Å². The topological polar surface area (TPSA) is 0 Å². The average Bonchev–Trinajstić information content (AvgIpc) is 2.65. The summed E-state index contributed by atoms with van der Waals surface area (Å²) >= 11 is 0. The first-order valence-corrected chi connectivity index (χ1v) is 9.70. The maximum Gasteiger partial charge on any atom is -0.00193 e. The quantitative estimate of drug-likeness (QED) is 0.555. The van der Waals surface area contributed by atoms with E-state index in [-0.39, 0.29) is 0 Å². The lowest BCUT2D eigenvalue weighted by Gasteiger charge is -2.25. The molecule has 0 aliphatic heterocycles. The lowest BCUT2D eigenvalue weighted by Crippen LogP contribution is -2.10. The van der Waals surface area contributed by atoms with E-state index in [0.29, 0.717) is 0 Å².